The molecule has 0 unspecified atom stereocenters. The Kier molecular flexibility index (Phi) is 8.77. The first kappa shape index (κ1) is 15.4. The number of ether oxygens (including phenoxy) is 1. The minimum atomic E-state index is 0.0107. The van der Waals surface area contributed by atoms with E-state index in [0.29, 0.717) is 0 Å². The minimum Gasteiger partial charge on any atom is -0.379 e. The van der Waals surface area contributed by atoms with Crippen molar-refractivity contribution in [3.05, 3.63) is 0 Å². The number of hydrogen-bond acceptors (Lipinski definition) is 2. The fraction of sp³-hybridized carbons (Fsp3) is 1.00. The van der Waals surface area contributed by atoms with Gasteiger partial charge in [-0.25, -0.2) is 0 Å². The van der Waals surface area contributed by atoms with Gasteiger partial charge in [0.1, 0.15) is 0 Å². The Morgan fingerprint density at radius 2 is 1.87 bits per heavy atom. The molecule has 0 saturated carbocycles. The lowest BCUT2D eigenvalue weighted by molar-refractivity contribution is 0.00779. The highest BCUT2D eigenvalue weighted by Gasteiger charge is 2.17. The summed E-state index contributed by atoms with van der Waals surface area (Å²) in [6.07, 6.45) is 3.66. The van der Waals surface area contributed by atoms with Crippen molar-refractivity contribution in [3.8, 4) is 0 Å². The molecule has 3 heteroatoms. The maximum absolute atomic E-state index is 5.43. The zero-order chi connectivity index (χ0) is 11.7. The molecule has 0 aromatic heterocycles. The average Bonchev–Trinajstić information content (AvgIpc) is 2.22. The van der Waals surface area contributed by atoms with E-state index in [0.717, 1.165) is 24.8 Å². The fourth-order valence-electron chi connectivity index (χ4n) is 1.37. The zero-order valence-corrected chi connectivity index (χ0v) is 12.3. The molecule has 0 aliphatic rings. The van der Waals surface area contributed by atoms with Crippen LogP contribution in [0.4, 0.5) is 0 Å². The molecule has 0 saturated heterocycles. The summed E-state index contributed by atoms with van der Waals surface area (Å²) in [7, 11) is 1.79. The molecule has 0 radical (unpaired) electrons. The first-order valence-corrected chi connectivity index (χ1v) is 7.01. The van der Waals surface area contributed by atoms with E-state index >= 15 is 0 Å². The van der Waals surface area contributed by atoms with Crippen LogP contribution in [0.25, 0.3) is 0 Å². The fourth-order valence-corrected chi connectivity index (χ4v) is 1.87. The maximum atomic E-state index is 5.43. The van der Waals surface area contributed by atoms with Gasteiger partial charge in [0, 0.05) is 25.5 Å². The molecule has 0 bridgehead atoms. The Morgan fingerprint density at radius 3 is 2.33 bits per heavy atom. The molecular weight excluding hydrogens is 254 g/mol. The first-order valence-electron chi connectivity index (χ1n) is 5.89. The second-order valence-electron chi connectivity index (χ2n) is 4.60. The third kappa shape index (κ3) is 8.23. The van der Waals surface area contributed by atoms with Crippen molar-refractivity contribution in [2.45, 2.75) is 45.6 Å². The van der Waals surface area contributed by atoms with Crippen molar-refractivity contribution in [2.75, 3.05) is 32.1 Å². The van der Waals surface area contributed by atoms with Gasteiger partial charge in [0.2, 0.25) is 0 Å². The third-order valence-electron chi connectivity index (χ3n) is 2.81. The van der Waals surface area contributed by atoms with Crippen LogP contribution in [-0.2, 0) is 4.74 Å². The summed E-state index contributed by atoms with van der Waals surface area (Å²) in [6, 6.07) is 0. The zero-order valence-electron chi connectivity index (χ0n) is 10.7. The molecule has 0 aliphatic carbocycles. The van der Waals surface area contributed by atoms with Gasteiger partial charge in [0.15, 0.2) is 0 Å². The molecule has 0 rings (SSSR count). The van der Waals surface area contributed by atoms with E-state index in [1.54, 1.807) is 7.11 Å². The predicted molar refractivity (Wildman–Crippen MR) is 70.8 cm³/mol. The molecule has 0 aromatic carbocycles. The normalized spacial score (nSPS) is 12.4. The molecule has 0 atom stereocenters. The Labute approximate surface area is 103 Å². The summed E-state index contributed by atoms with van der Waals surface area (Å²) in [6.45, 7) is 10.0. The number of unbranched alkanes of at least 4 members (excludes halogenated alkanes) is 1. The summed E-state index contributed by atoms with van der Waals surface area (Å²) in [5.74, 6) is 0. The number of halogens is 1. The van der Waals surface area contributed by atoms with Crippen molar-refractivity contribution in [2.24, 2.45) is 0 Å². The van der Waals surface area contributed by atoms with E-state index in [1.807, 2.05) is 0 Å². The van der Waals surface area contributed by atoms with Gasteiger partial charge in [0.25, 0.3) is 0 Å². The van der Waals surface area contributed by atoms with Crippen molar-refractivity contribution < 1.29 is 4.74 Å². The molecule has 2 nitrogen and oxygen atoms in total. The number of hydrogen-bond donors (Lipinski definition) is 0. The Hall–Kier alpha value is 0.400. The smallest absolute Gasteiger partial charge is 0.0634 e. The van der Waals surface area contributed by atoms with Crippen LogP contribution < -0.4 is 0 Å². The van der Waals surface area contributed by atoms with Crippen LogP contribution in [0.3, 0.4) is 0 Å². The summed E-state index contributed by atoms with van der Waals surface area (Å²) >= 11 is 3.51. The molecule has 0 fully saturated rings. The van der Waals surface area contributed by atoms with E-state index in [1.165, 1.54) is 19.4 Å². The summed E-state index contributed by atoms with van der Waals surface area (Å²) in [5.41, 5.74) is 0.0107. The lowest BCUT2D eigenvalue weighted by Gasteiger charge is -2.28. The minimum absolute atomic E-state index is 0.0107. The third-order valence-corrected chi connectivity index (χ3v) is 3.17. The first-order chi connectivity index (χ1) is 7.05. The average molecular weight is 280 g/mol. The molecule has 0 spiro atoms. The Balaban J connectivity index is 3.83. The second kappa shape index (κ2) is 8.54. The van der Waals surface area contributed by atoms with E-state index in [9.17, 15) is 0 Å². The molecule has 0 amide bonds. The highest BCUT2D eigenvalue weighted by Crippen LogP contribution is 2.13. The van der Waals surface area contributed by atoms with Gasteiger partial charge < -0.3 is 9.64 Å². The van der Waals surface area contributed by atoms with Crippen molar-refractivity contribution >= 4 is 15.9 Å². The van der Waals surface area contributed by atoms with Gasteiger partial charge >= 0.3 is 0 Å². The van der Waals surface area contributed by atoms with Crippen molar-refractivity contribution in [1.82, 2.24) is 4.90 Å². The van der Waals surface area contributed by atoms with E-state index < -0.39 is 0 Å². The van der Waals surface area contributed by atoms with Gasteiger partial charge in [-0.15, -0.1) is 0 Å². The van der Waals surface area contributed by atoms with Crippen LogP contribution in [0.5, 0.6) is 0 Å². The van der Waals surface area contributed by atoms with Crippen molar-refractivity contribution in [3.63, 3.8) is 0 Å². The molecular formula is C12H26BrNO. The highest BCUT2D eigenvalue weighted by atomic mass is 79.9. The molecule has 0 aliphatic heterocycles. The SMILES string of the molecule is CCCCN(CCBr)CCC(C)(C)OC. The van der Waals surface area contributed by atoms with Gasteiger partial charge in [0.05, 0.1) is 5.60 Å². The van der Waals surface area contributed by atoms with Gasteiger partial charge in [-0.1, -0.05) is 29.3 Å². The Bertz CT molecular complexity index is 151. The topological polar surface area (TPSA) is 12.5 Å². The lowest BCUT2D eigenvalue weighted by atomic mass is 10.0. The van der Waals surface area contributed by atoms with E-state index in [4.69, 9.17) is 4.74 Å². The molecule has 92 valence electrons. The number of alkyl halides is 1. The molecule has 0 heterocycles. The maximum Gasteiger partial charge on any atom is 0.0634 e. The number of nitrogens with zero attached hydrogens (tertiary/aromatic N) is 1. The lowest BCUT2D eigenvalue weighted by Crippen LogP contribution is -2.34. The summed E-state index contributed by atoms with van der Waals surface area (Å²) < 4.78 is 5.43. The van der Waals surface area contributed by atoms with Crippen molar-refractivity contribution in [1.29, 1.82) is 0 Å². The van der Waals surface area contributed by atoms with Gasteiger partial charge in [-0.3, -0.25) is 0 Å². The van der Waals surface area contributed by atoms with Crippen LogP contribution in [0.1, 0.15) is 40.0 Å². The summed E-state index contributed by atoms with van der Waals surface area (Å²) in [4.78, 5) is 2.51. The Morgan fingerprint density at radius 1 is 1.20 bits per heavy atom. The number of rotatable bonds is 9. The largest absolute Gasteiger partial charge is 0.379 e. The monoisotopic (exact) mass is 279 g/mol. The molecule has 0 aromatic rings. The van der Waals surface area contributed by atoms with Crippen LogP contribution in [0, 0.1) is 0 Å². The van der Waals surface area contributed by atoms with Crippen LogP contribution >= 0.6 is 15.9 Å². The predicted octanol–water partition coefficient (Wildman–Crippen LogP) is 3.30. The molecule has 0 N–H and O–H groups in total. The van der Waals surface area contributed by atoms with Crippen LogP contribution in [-0.4, -0.2) is 42.6 Å². The second-order valence-corrected chi connectivity index (χ2v) is 5.39. The van der Waals surface area contributed by atoms with Crippen LogP contribution in [0.15, 0.2) is 0 Å². The van der Waals surface area contributed by atoms with E-state index in [-0.39, 0.29) is 5.60 Å². The number of methoxy groups -OCH3 is 1. The molecule has 15 heavy (non-hydrogen) atoms. The van der Waals surface area contributed by atoms with Gasteiger partial charge in [-0.05, 0) is 33.2 Å². The standard InChI is InChI=1S/C12H26BrNO/c1-5-6-9-14(11-8-13)10-7-12(2,3)15-4/h5-11H2,1-4H3. The van der Waals surface area contributed by atoms with E-state index in [2.05, 4.69) is 41.6 Å². The van der Waals surface area contributed by atoms with Crippen LogP contribution in [0.2, 0.25) is 0 Å². The highest BCUT2D eigenvalue weighted by molar-refractivity contribution is 9.09. The quantitative estimate of drug-likeness (QED) is 0.601. The summed E-state index contributed by atoms with van der Waals surface area (Å²) in [5, 5.41) is 1.06. The van der Waals surface area contributed by atoms with Gasteiger partial charge in [-0.2, -0.15) is 0 Å².